The van der Waals surface area contributed by atoms with Crippen molar-refractivity contribution in [3.8, 4) is 0 Å². The second kappa shape index (κ2) is 8.26. The van der Waals surface area contributed by atoms with Crippen LogP contribution in [-0.2, 0) is 0 Å². The number of nitrogens with one attached hydrogen (secondary N) is 1. The summed E-state index contributed by atoms with van der Waals surface area (Å²) in [4.78, 5) is 23.0. The van der Waals surface area contributed by atoms with Gasteiger partial charge in [-0.05, 0) is 37.3 Å². The van der Waals surface area contributed by atoms with E-state index in [1.165, 1.54) is 24.6 Å². The van der Waals surface area contributed by atoms with Gasteiger partial charge in [0.2, 0.25) is 0 Å². The van der Waals surface area contributed by atoms with Crippen LogP contribution in [0.2, 0.25) is 5.02 Å². The monoisotopic (exact) mass is 340 g/mol. The number of hydrogen-bond acceptors (Lipinski definition) is 4. The number of halogens is 1. The van der Waals surface area contributed by atoms with Gasteiger partial charge in [0, 0.05) is 23.7 Å². The second-order valence-corrected chi connectivity index (χ2v) is 6.35. The summed E-state index contributed by atoms with van der Waals surface area (Å²) < 4.78 is 0. The summed E-state index contributed by atoms with van der Waals surface area (Å²) in [5.74, 6) is -0.177. The molecule has 1 amide bonds. The minimum Gasteiger partial charge on any atom is -0.396 e. The van der Waals surface area contributed by atoms with Crippen LogP contribution in [0.4, 0.5) is 5.69 Å². The SMILES string of the molecule is O=C(NC(CCO)C1CCCCC1)c1ccc(Cl)cc1[N+](=O)[O-]. The summed E-state index contributed by atoms with van der Waals surface area (Å²) in [5, 5.41) is 23.5. The third-order valence-electron chi connectivity index (χ3n) is 4.38. The number of carbonyl (C=O) groups is 1. The molecule has 7 heteroatoms. The largest absolute Gasteiger partial charge is 0.396 e. The van der Waals surface area contributed by atoms with Crippen molar-refractivity contribution in [2.75, 3.05) is 6.61 Å². The highest BCUT2D eigenvalue weighted by atomic mass is 35.5. The smallest absolute Gasteiger partial charge is 0.283 e. The van der Waals surface area contributed by atoms with Crippen molar-refractivity contribution >= 4 is 23.2 Å². The quantitative estimate of drug-likeness (QED) is 0.613. The topological polar surface area (TPSA) is 92.5 Å². The highest BCUT2D eigenvalue weighted by Gasteiger charge is 2.27. The summed E-state index contributed by atoms with van der Waals surface area (Å²) in [5.41, 5.74) is -0.306. The van der Waals surface area contributed by atoms with Gasteiger partial charge in [0.05, 0.1) is 4.92 Å². The van der Waals surface area contributed by atoms with Gasteiger partial charge in [-0.25, -0.2) is 0 Å². The maximum atomic E-state index is 12.5. The second-order valence-electron chi connectivity index (χ2n) is 5.91. The van der Waals surface area contributed by atoms with Crippen molar-refractivity contribution in [2.24, 2.45) is 5.92 Å². The molecule has 2 N–H and O–H groups in total. The molecule has 1 aliphatic carbocycles. The van der Waals surface area contributed by atoms with Gasteiger partial charge in [0.25, 0.3) is 11.6 Å². The first-order valence-corrected chi connectivity index (χ1v) is 8.26. The van der Waals surface area contributed by atoms with Gasteiger partial charge < -0.3 is 10.4 Å². The lowest BCUT2D eigenvalue weighted by Crippen LogP contribution is -2.41. The Morgan fingerprint density at radius 2 is 2.09 bits per heavy atom. The number of nitro benzene ring substituents is 1. The Kier molecular flexibility index (Phi) is 6.36. The molecule has 1 aromatic carbocycles. The predicted molar refractivity (Wildman–Crippen MR) is 87.6 cm³/mol. The minimum absolute atomic E-state index is 0.00171. The molecule has 0 saturated heterocycles. The van der Waals surface area contributed by atoms with E-state index in [0.29, 0.717) is 12.3 Å². The van der Waals surface area contributed by atoms with Crippen molar-refractivity contribution in [3.05, 3.63) is 38.9 Å². The highest BCUT2D eigenvalue weighted by molar-refractivity contribution is 6.31. The molecule has 1 atom stereocenters. The van der Waals surface area contributed by atoms with E-state index >= 15 is 0 Å². The molecule has 1 aliphatic rings. The molecule has 6 nitrogen and oxygen atoms in total. The Balaban J connectivity index is 2.16. The van der Waals surface area contributed by atoms with E-state index < -0.39 is 10.8 Å². The van der Waals surface area contributed by atoms with Crippen molar-refractivity contribution < 1.29 is 14.8 Å². The number of aliphatic hydroxyl groups excluding tert-OH is 1. The Morgan fingerprint density at radius 1 is 1.39 bits per heavy atom. The van der Waals surface area contributed by atoms with E-state index in [-0.39, 0.29) is 28.9 Å². The summed E-state index contributed by atoms with van der Waals surface area (Å²) in [6.07, 6.45) is 5.89. The Bertz CT molecular complexity index is 573. The van der Waals surface area contributed by atoms with Gasteiger partial charge in [-0.3, -0.25) is 14.9 Å². The van der Waals surface area contributed by atoms with Gasteiger partial charge in [-0.15, -0.1) is 0 Å². The molecule has 0 radical (unpaired) electrons. The average Bonchev–Trinajstić information content (AvgIpc) is 2.55. The summed E-state index contributed by atoms with van der Waals surface area (Å²) >= 11 is 5.77. The van der Waals surface area contributed by atoms with Crippen LogP contribution in [0, 0.1) is 16.0 Å². The third kappa shape index (κ3) is 4.65. The molecule has 0 aliphatic heterocycles. The van der Waals surface area contributed by atoms with E-state index in [1.807, 2.05) is 0 Å². The fourth-order valence-corrected chi connectivity index (χ4v) is 3.36. The molecular weight excluding hydrogens is 320 g/mol. The first kappa shape index (κ1) is 17.7. The van der Waals surface area contributed by atoms with Crippen LogP contribution in [0.1, 0.15) is 48.9 Å². The van der Waals surface area contributed by atoms with E-state index in [4.69, 9.17) is 11.6 Å². The molecule has 0 heterocycles. The Morgan fingerprint density at radius 3 is 2.70 bits per heavy atom. The molecule has 1 aromatic rings. The van der Waals surface area contributed by atoms with Gasteiger partial charge in [0.15, 0.2) is 0 Å². The molecule has 0 spiro atoms. The van der Waals surface area contributed by atoms with Crippen LogP contribution < -0.4 is 5.32 Å². The number of amides is 1. The zero-order valence-corrected chi connectivity index (χ0v) is 13.6. The summed E-state index contributed by atoms with van der Waals surface area (Å²) in [6, 6.07) is 3.85. The first-order valence-electron chi connectivity index (χ1n) is 7.88. The van der Waals surface area contributed by atoms with E-state index in [9.17, 15) is 20.0 Å². The molecule has 2 rings (SSSR count). The molecule has 0 bridgehead atoms. The molecule has 23 heavy (non-hydrogen) atoms. The molecule has 1 saturated carbocycles. The molecule has 126 valence electrons. The third-order valence-corrected chi connectivity index (χ3v) is 4.61. The van der Waals surface area contributed by atoms with E-state index in [0.717, 1.165) is 25.7 Å². The number of nitrogens with zero attached hydrogens (tertiary/aromatic N) is 1. The van der Waals surface area contributed by atoms with Crippen molar-refractivity contribution in [2.45, 2.75) is 44.6 Å². The van der Waals surface area contributed by atoms with Gasteiger partial charge in [-0.1, -0.05) is 30.9 Å². The van der Waals surface area contributed by atoms with E-state index in [2.05, 4.69) is 5.32 Å². The lowest BCUT2D eigenvalue weighted by molar-refractivity contribution is -0.385. The first-order chi connectivity index (χ1) is 11.0. The zero-order chi connectivity index (χ0) is 16.8. The molecule has 1 fully saturated rings. The van der Waals surface area contributed by atoms with Gasteiger partial charge >= 0.3 is 0 Å². The number of hydrogen-bond donors (Lipinski definition) is 2. The van der Waals surface area contributed by atoms with Crippen LogP contribution in [0.3, 0.4) is 0 Å². The summed E-state index contributed by atoms with van der Waals surface area (Å²) in [6.45, 7) is -0.0237. The molecule has 0 aromatic heterocycles. The maximum Gasteiger partial charge on any atom is 0.283 e. The summed E-state index contributed by atoms with van der Waals surface area (Å²) in [7, 11) is 0. The molecular formula is C16H21ClN2O4. The fraction of sp³-hybridized carbons (Fsp3) is 0.562. The number of nitro groups is 1. The van der Waals surface area contributed by atoms with Crippen molar-refractivity contribution in [1.82, 2.24) is 5.32 Å². The van der Waals surface area contributed by atoms with Crippen LogP contribution >= 0.6 is 11.6 Å². The lowest BCUT2D eigenvalue weighted by Gasteiger charge is -2.30. The van der Waals surface area contributed by atoms with Crippen LogP contribution in [0.5, 0.6) is 0 Å². The zero-order valence-electron chi connectivity index (χ0n) is 12.8. The predicted octanol–water partition coefficient (Wildman–Crippen LogP) is 3.31. The molecule has 1 unspecified atom stereocenters. The number of rotatable bonds is 6. The minimum atomic E-state index is -0.609. The normalized spacial score (nSPS) is 16.8. The maximum absolute atomic E-state index is 12.5. The fourth-order valence-electron chi connectivity index (χ4n) is 3.20. The number of benzene rings is 1. The van der Waals surface area contributed by atoms with Crippen LogP contribution in [0.25, 0.3) is 0 Å². The van der Waals surface area contributed by atoms with Crippen molar-refractivity contribution in [3.63, 3.8) is 0 Å². The Hall–Kier alpha value is -1.66. The average molecular weight is 341 g/mol. The van der Waals surface area contributed by atoms with Gasteiger partial charge in [-0.2, -0.15) is 0 Å². The number of carbonyl (C=O) groups excluding carboxylic acids is 1. The highest BCUT2D eigenvalue weighted by Crippen LogP contribution is 2.29. The van der Waals surface area contributed by atoms with Crippen molar-refractivity contribution in [1.29, 1.82) is 0 Å². The van der Waals surface area contributed by atoms with E-state index in [1.54, 1.807) is 0 Å². The number of aliphatic hydroxyl groups is 1. The Labute approximate surface area is 140 Å². The van der Waals surface area contributed by atoms with Crippen LogP contribution in [-0.4, -0.2) is 28.6 Å². The standard InChI is InChI=1S/C16H21ClN2O4/c17-12-6-7-13(15(10-12)19(22)23)16(21)18-14(8-9-20)11-4-2-1-3-5-11/h6-7,10-11,14,20H,1-5,8-9H2,(H,18,21). The van der Waals surface area contributed by atoms with Gasteiger partial charge in [0.1, 0.15) is 5.56 Å². The lowest BCUT2D eigenvalue weighted by atomic mass is 9.82. The van der Waals surface area contributed by atoms with Crippen LogP contribution in [0.15, 0.2) is 18.2 Å².